The summed E-state index contributed by atoms with van der Waals surface area (Å²) in [6, 6.07) is 10.0. The lowest BCUT2D eigenvalue weighted by Gasteiger charge is -2.09. The molecule has 0 radical (unpaired) electrons. The van der Waals surface area contributed by atoms with Crippen LogP contribution < -0.4 is 9.47 Å². The van der Waals surface area contributed by atoms with E-state index in [1.807, 2.05) is 24.3 Å². The zero-order valence-electron chi connectivity index (χ0n) is 12.1. The lowest BCUT2D eigenvalue weighted by molar-refractivity contribution is -0.384. The van der Waals surface area contributed by atoms with Crippen LogP contribution in [0.2, 0.25) is 0 Å². The smallest absolute Gasteiger partial charge is 0.269 e. The first-order valence-corrected chi connectivity index (χ1v) is 7.18. The summed E-state index contributed by atoms with van der Waals surface area (Å²) >= 11 is 3.48. The predicted molar refractivity (Wildman–Crippen MR) is 89.3 cm³/mol. The molecule has 0 saturated carbocycles. The molecule has 2 aromatic carbocycles. The van der Waals surface area contributed by atoms with Crippen molar-refractivity contribution in [1.29, 1.82) is 0 Å². The van der Waals surface area contributed by atoms with E-state index in [2.05, 4.69) is 15.9 Å². The molecule has 0 N–H and O–H groups in total. The first-order valence-electron chi connectivity index (χ1n) is 6.39. The fourth-order valence-corrected chi connectivity index (χ4v) is 2.35. The molecule has 0 amide bonds. The van der Waals surface area contributed by atoms with E-state index in [1.54, 1.807) is 26.4 Å². The van der Waals surface area contributed by atoms with Gasteiger partial charge in [0.2, 0.25) is 0 Å². The lowest BCUT2D eigenvalue weighted by atomic mass is 10.1. The molecule has 0 spiro atoms. The largest absolute Gasteiger partial charge is 0.493 e. The first kappa shape index (κ1) is 16.0. The zero-order chi connectivity index (χ0) is 16.1. The van der Waals surface area contributed by atoms with Gasteiger partial charge in [-0.2, -0.15) is 0 Å². The van der Waals surface area contributed by atoms with Crippen LogP contribution in [-0.2, 0) is 0 Å². The standard InChI is InChI=1S/C16H14BrNO4/c1-21-15-9-12(14(17)10-16(15)22-2)6-3-11-4-7-13(8-5-11)18(19)20/h3-10H,1-2H3. The van der Waals surface area contributed by atoms with Crippen LogP contribution in [0.25, 0.3) is 12.2 Å². The maximum Gasteiger partial charge on any atom is 0.269 e. The molecule has 22 heavy (non-hydrogen) atoms. The van der Waals surface area contributed by atoms with E-state index in [-0.39, 0.29) is 5.69 Å². The minimum absolute atomic E-state index is 0.0736. The Hall–Kier alpha value is -2.34. The van der Waals surface area contributed by atoms with Crippen molar-refractivity contribution >= 4 is 33.8 Å². The van der Waals surface area contributed by atoms with Gasteiger partial charge in [-0.15, -0.1) is 0 Å². The molecule has 0 aromatic heterocycles. The number of nitrogens with zero attached hydrogens (tertiary/aromatic N) is 1. The lowest BCUT2D eigenvalue weighted by Crippen LogP contribution is -1.91. The monoisotopic (exact) mass is 363 g/mol. The summed E-state index contributed by atoms with van der Waals surface area (Å²) in [6.07, 6.45) is 3.77. The molecule has 0 aliphatic carbocycles. The molecule has 0 aliphatic rings. The first-order chi connectivity index (χ1) is 10.5. The number of benzene rings is 2. The van der Waals surface area contributed by atoms with Crippen molar-refractivity contribution in [2.24, 2.45) is 0 Å². The third kappa shape index (κ3) is 3.65. The number of halogens is 1. The van der Waals surface area contributed by atoms with Crippen molar-refractivity contribution in [2.45, 2.75) is 0 Å². The Kier molecular flexibility index (Phi) is 5.16. The maximum atomic E-state index is 10.6. The van der Waals surface area contributed by atoms with E-state index >= 15 is 0 Å². The molecule has 0 fully saturated rings. The van der Waals surface area contributed by atoms with Crippen LogP contribution in [0.4, 0.5) is 5.69 Å². The van der Waals surface area contributed by atoms with Crippen LogP contribution in [0.5, 0.6) is 11.5 Å². The average molecular weight is 364 g/mol. The molecule has 6 heteroatoms. The molecular weight excluding hydrogens is 350 g/mol. The van der Waals surface area contributed by atoms with Crippen molar-refractivity contribution in [1.82, 2.24) is 0 Å². The molecule has 2 rings (SSSR count). The zero-order valence-corrected chi connectivity index (χ0v) is 13.7. The van der Waals surface area contributed by atoms with Crippen LogP contribution >= 0.6 is 15.9 Å². The molecule has 0 saturated heterocycles. The van der Waals surface area contributed by atoms with Gasteiger partial charge in [0.25, 0.3) is 5.69 Å². The minimum Gasteiger partial charge on any atom is -0.493 e. The fraction of sp³-hybridized carbons (Fsp3) is 0.125. The van der Waals surface area contributed by atoms with Gasteiger partial charge in [0.15, 0.2) is 11.5 Å². The Balaban J connectivity index is 2.27. The predicted octanol–water partition coefficient (Wildman–Crippen LogP) is 4.54. The molecule has 0 bridgehead atoms. The molecule has 2 aromatic rings. The number of methoxy groups -OCH3 is 2. The molecule has 0 heterocycles. The van der Waals surface area contributed by atoms with Crippen LogP contribution in [0, 0.1) is 10.1 Å². The maximum absolute atomic E-state index is 10.6. The highest BCUT2D eigenvalue weighted by Gasteiger charge is 2.08. The van der Waals surface area contributed by atoms with E-state index in [1.165, 1.54) is 12.1 Å². The van der Waals surface area contributed by atoms with Gasteiger partial charge in [-0.25, -0.2) is 0 Å². The summed E-state index contributed by atoms with van der Waals surface area (Å²) in [5, 5.41) is 10.6. The Labute approximate surface area is 136 Å². The number of nitro benzene ring substituents is 1. The molecule has 5 nitrogen and oxygen atoms in total. The van der Waals surface area contributed by atoms with Gasteiger partial charge in [-0.05, 0) is 35.4 Å². The van der Waals surface area contributed by atoms with Gasteiger partial charge in [0.1, 0.15) is 0 Å². The third-order valence-electron chi connectivity index (χ3n) is 3.06. The Bertz CT molecular complexity index is 711. The summed E-state index contributed by atoms with van der Waals surface area (Å²) in [5.74, 6) is 1.27. The molecular formula is C16H14BrNO4. The van der Waals surface area contributed by atoms with Crippen LogP contribution in [0.3, 0.4) is 0 Å². The highest BCUT2D eigenvalue weighted by molar-refractivity contribution is 9.10. The third-order valence-corrected chi connectivity index (χ3v) is 3.75. The Morgan fingerprint density at radius 2 is 1.64 bits per heavy atom. The van der Waals surface area contributed by atoms with E-state index in [0.29, 0.717) is 11.5 Å². The van der Waals surface area contributed by atoms with Crippen LogP contribution in [0.1, 0.15) is 11.1 Å². The van der Waals surface area contributed by atoms with Gasteiger partial charge in [-0.1, -0.05) is 28.1 Å². The van der Waals surface area contributed by atoms with Crippen molar-refractivity contribution in [2.75, 3.05) is 14.2 Å². The Morgan fingerprint density at radius 1 is 1.05 bits per heavy atom. The van der Waals surface area contributed by atoms with Crippen LogP contribution in [0.15, 0.2) is 40.9 Å². The summed E-state index contributed by atoms with van der Waals surface area (Å²) in [4.78, 5) is 10.2. The number of hydrogen-bond acceptors (Lipinski definition) is 4. The minimum atomic E-state index is -0.418. The molecule has 0 aliphatic heterocycles. The van der Waals surface area contributed by atoms with Gasteiger partial charge in [0.05, 0.1) is 19.1 Å². The average Bonchev–Trinajstić information content (AvgIpc) is 2.53. The second-order valence-electron chi connectivity index (χ2n) is 4.41. The van der Waals surface area contributed by atoms with Crippen molar-refractivity contribution in [3.63, 3.8) is 0 Å². The summed E-state index contributed by atoms with van der Waals surface area (Å²) < 4.78 is 11.4. The summed E-state index contributed by atoms with van der Waals surface area (Å²) in [6.45, 7) is 0. The van der Waals surface area contributed by atoms with Crippen molar-refractivity contribution < 1.29 is 14.4 Å². The Morgan fingerprint density at radius 3 is 2.18 bits per heavy atom. The highest BCUT2D eigenvalue weighted by atomic mass is 79.9. The number of ether oxygens (including phenoxy) is 2. The van der Waals surface area contributed by atoms with E-state index in [4.69, 9.17) is 9.47 Å². The van der Waals surface area contributed by atoms with Gasteiger partial charge in [0, 0.05) is 16.6 Å². The van der Waals surface area contributed by atoms with E-state index in [0.717, 1.165) is 15.6 Å². The summed E-state index contributed by atoms with van der Waals surface area (Å²) in [5.41, 5.74) is 1.85. The van der Waals surface area contributed by atoms with E-state index in [9.17, 15) is 10.1 Å². The topological polar surface area (TPSA) is 61.6 Å². The van der Waals surface area contributed by atoms with E-state index < -0.39 is 4.92 Å². The van der Waals surface area contributed by atoms with Gasteiger partial charge < -0.3 is 9.47 Å². The fourth-order valence-electron chi connectivity index (χ4n) is 1.89. The second-order valence-corrected chi connectivity index (χ2v) is 5.27. The number of nitro groups is 1. The molecule has 0 unspecified atom stereocenters. The molecule has 114 valence electrons. The van der Waals surface area contributed by atoms with Crippen molar-refractivity contribution in [3.05, 3.63) is 62.1 Å². The van der Waals surface area contributed by atoms with Crippen molar-refractivity contribution in [3.8, 4) is 11.5 Å². The number of rotatable bonds is 5. The highest BCUT2D eigenvalue weighted by Crippen LogP contribution is 2.34. The quantitative estimate of drug-likeness (QED) is 0.444. The van der Waals surface area contributed by atoms with Gasteiger partial charge in [-0.3, -0.25) is 10.1 Å². The number of hydrogen-bond donors (Lipinski definition) is 0. The SMILES string of the molecule is COc1cc(Br)c(C=Cc2ccc([N+](=O)[O-])cc2)cc1OC. The summed E-state index contributed by atoms with van der Waals surface area (Å²) in [7, 11) is 3.16. The van der Waals surface area contributed by atoms with Gasteiger partial charge >= 0.3 is 0 Å². The normalized spacial score (nSPS) is 10.7. The second kappa shape index (κ2) is 7.09. The molecule has 0 atom stereocenters. The van der Waals surface area contributed by atoms with Crippen LogP contribution in [-0.4, -0.2) is 19.1 Å². The number of non-ortho nitro benzene ring substituents is 1.